The molecule has 1 aliphatic rings. The molecular formula is C14H21NSi. The van der Waals surface area contributed by atoms with Crippen molar-refractivity contribution in [1.29, 1.82) is 0 Å². The molecule has 0 aromatic heterocycles. The van der Waals surface area contributed by atoms with Crippen molar-refractivity contribution in [3.8, 4) is 0 Å². The third kappa shape index (κ3) is 2.76. The van der Waals surface area contributed by atoms with Crippen molar-refractivity contribution in [2.24, 2.45) is 0 Å². The van der Waals surface area contributed by atoms with Gasteiger partial charge in [-0.2, -0.15) is 0 Å². The molecule has 1 aromatic carbocycles. The van der Waals surface area contributed by atoms with Gasteiger partial charge in [-0.15, -0.1) is 0 Å². The number of hydrogen-bond donors (Lipinski definition) is 0. The smallest absolute Gasteiger partial charge is 0.0852 e. The zero-order valence-electron chi connectivity index (χ0n) is 10.3. The fraction of sp³-hybridized carbons (Fsp3) is 0.429. The summed E-state index contributed by atoms with van der Waals surface area (Å²) in [4.78, 5) is 2.60. The standard InChI is InChI=1S/C14H21NSi/c1-16(2)14(15-10-6-7-11-15)12-13-8-4-3-5-9-13/h3-5,8-9,12,16H,6-7,10-11H2,1-2H3. The Morgan fingerprint density at radius 1 is 1.12 bits per heavy atom. The molecule has 2 heteroatoms. The van der Waals surface area contributed by atoms with E-state index in [4.69, 9.17) is 0 Å². The zero-order chi connectivity index (χ0) is 11.4. The van der Waals surface area contributed by atoms with E-state index in [2.05, 4.69) is 54.4 Å². The number of rotatable bonds is 3. The lowest BCUT2D eigenvalue weighted by molar-refractivity contribution is 0.454. The number of benzene rings is 1. The fourth-order valence-electron chi connectivity index (χ4n) is 2.32. The van der Waals surface area contributed by atoms with E-state index in [1.165, 1.54) is 31.5 Å². The van der Waals surface area contributed by atoms with Crippen LogP contribution in [0.2, 0.25) is 13.1 Å². The highest BCUT2D eigenvalue weighted by Crippen LogP contribution is 2.19. The van der Waals surface area contributed by atoms with E-state index in [9.17, 15) is 0 Å². The van der Waals surface area contributed by atoms with E-state index in [0.29, 0.717) is 0 Å². The highest BCUT2D eigenvalue weighted by atomic mass is 28.3. The first-order valence-electron chi connectivity index (χ1n) is 6.29. The Morgan fingerprint density at radius 3 is 2.31 bits per heavy atom. The molecule has 0 unspecified atom stereocenters. The fourth-order valence-corrected chi connectivity index (χ4v) is 3.83. The highest BCUT2D eigenvalue weighted by molar-refractivity contribution is 6.64. The van der Waals surface area contributed by atoms with Gasteiger partial charge in [0.25, 0.3) is 0 Å². The molecule has 0 atom stereocenters. The van der Waals surface area contributed by atoms with Crippen molar-refractivity contribution in [3.63, 3.8) is 0 Å². The van der Waals surface area contributed by atoms with Crippen LogP contribution in [0.15, 0.2) is 35.7 Å². The topological polar surface area (TPSA) is 3.24 Å². The summed E-state index contributed by atoms with van der Waals surface area (Å²) in [6.07, 6.45) is 5.14. The molecule has 1 nitrogen and oxygen atoms in total. The van der Waals surface area contributed by atoms with Crippen LogP contribution in [0, 0.1) is 0 Å². The molecule has 0 spiro atoms. The molecular weight excluding hydrogens is 210 g/mol. The molecule has 1 fully saturated rings. The summed E-state index contributed by atoms with van der Waals surface area (Å²) in [6.45, 7) is 7.38. The molecule has 0 N–H and O–H groups in total. The van der Waals surface area contributed by atoms with E-state index in [0.717, 1.165) is 0 Å². The van der Waals surface area contributed by atoms with Crippen molar-refractivity contribution in [1.82, 2.24) is 4.90 Å². The van der Waals surface area contributed by atoms with E-state index < -0.39 is 8.80 Å². The zero-order valence-corrected chi connectivity index (χ0v) is 11.5. The lowest BCUT2D eigenvalue weighted by Crippen LogP contribution is -2.26. The summed E-state index contributed by atoms with van der Waals surface area (Å²) in [6, 6.07) is 10.7. The Bertz CT molecular complexity index is 350. The first kappa shape index (κ1) is 11.5. The van der Waals surface area contributed by atoms with E-state index in [1.807, 2.05) is 0 Å². The van der Waals surface area contributed by atoms with Gasteiger partial charge in [-0.3, -0.25) is 0 Å². The molecule has 0 radical (unpaired) electrons. The third-order valence-corrected chi connectivity index (χ3v) is 4.89. The van der Waals surface area contributed by atoms with E-state index in [-0.39, 0.29) is 0 Å². The van der Waals surface area contributed by atoms with Crippen LogP contribution in [0.3, 0.4) is 0 Å². The Hall–Kier alpha value is -1.02. The molecule has 1 saturated heterocycles. The minimum Gasteiger partial charge on any atom is -0.379 e. The largest absolute Gasteiger partial charge is 0.379 e. The van der Waals surface area contributed by atoms with Gasteiger partial charge >= 0.3 is 0 Å². The maximum atomic E-state index is 2.60. The maximum absolute atomic E-state index is 2.60. The van der Waals surface area contributed by atoms with Crippen molar-refractivity contribution < 1.29 is 0 Å². The van der Waals surface area contributed by atoms with Crippen LogP contribution in [-0.2, 0) is 0 Å². The molecule has 16 heavy (non-hydrogen) atoms. The van der Waals surface area contributed by atoms with Gasteiger partial charge in [-0.25, -0.2) is 0 Å². The Balaban J connectivity index is 2.21. The van der Waals surface area contributed by atoms with Crippen LogP contribution in [0.5, 0.6) is 0 Å². The summed E-state index contributed by atoms with van der Waals surface area (Å²) in [7, 11) is -0.721. The normalized spacial score (nSPS) is 17.2. The summed E-state index contributed by atoms with van der Waals surface area (Å²) < 4.78 is 0. The Morgan fingerprint density at radius 2 is 1.75 bits per heavy atom. The van der Waals surface area contributed by atoms with Crippen LogP contribution in [0.25, 0.3) is 6.08 Å². The van der Waals surface area contributed by atoms with E-state index in [1.54, 1.807) is 5.32 Å². The van der Waals surface area contributed by atoms with Crippen molar-refractivity contribution in [3.05, 3.63) is 41.2 Å². The molecule has 0 saturated carbocycles. The van der Waals surface area contributed by atoms with Crippen molar-refractivity contribution >= 4 is 14.9 Å². The molecule has 86 valence electrons. The second kappa shape index (κ2) is 5.35. The van der Waals surface area contributed by atoms with Gasteiger partial charge in [0.2, 0.25) is 0 Å². The van der Waals surface area contributed by atoms with Gasteiger partial charge in [0.15, 0.2) is 0 Å². The summed E-state index contributed by atoms with van der Waals surface area (Å²) in [5.41, 5.74) is 1.35. The van der Waals surface area contributed by atoms with Gasteiger partial charge in [-0.05, 0) is 29.8 Å². The number of nitrogens with zero attached hydrogens (tertiary/aromatic N) is 1. The van der Waals surface area contributed by atoms with Gasteiger partial charge in [0.05, 0.1) is 8.80 Å². The lowest BCUT2D eigenvalue weighted by atomic mass is 10.2. The number of hydrogen-bond acceptors (Lipinski definition) is 1. The van der Waals surface area contributed by atoms with Gasteiger partial charge in [-0.1, -0.05) is 43.4 Å². The van der Waals surface area contributed by atoms with Gasteiger partial charge < -0.3 is 4.90 Å². The molecule has 1 heterocycles. The van der Waals surface area contributed by atoms with Crippen LogP contribution < -0.4 is 0 Å². The molecule has 0 bridgehead atoms. The SMILES string of the molecule is C[SiH](C)C(=Cc1ccccc1)N1CCCC1. The van der Waals surface area contributed by atoms with Crippen LogP contribution in [0.4, 0.5) is 0 Å². The Labute approximate surface area is 100 Å². The quantitative estimate of drug-likeness (QED) is 0.722. The monoisotopic (exact) mass is 231 g/mol. The predicted octanol–water partition coefficient (Wildman–Crippen LogP) is 3.15. The van der Waals surface area contributed by atoms with Gasteiger partial charge in [0.1, 0.15) is 0 Å². The summed E-state index contributed by atoms with van der Waals surface area (Å²) >= 11 is 0. The van der Waals surface area contributed by atoms with Crippen molar-refractivity contribution in [2.45, 2.75) is 25.9 Å². The van der Waals surface area contributed by atoms with Crippen LogP contribution >= 0.6 is 0 Å². The number of likely N-dealkylation sites (tertiary alicyclic amines) is 1. The predicted molar refractivity (Wildman–Crippen MR) is 74.1 cm³/mol. The van der Waals surface area contributed by atoms with Crippen LogP contribution in [0.1, 0.15) is 18.4 Å². The first-order valence-corrected chi connectivity index (χ1v) is 9.17. The molecule has 2 rings (SSSR count). The average molecular weight is 231 g/mol. The second-order valence-corrected chi connectivity index (χ2v) is 7.73. The van der Waals surface area contributed by atoms with Crippen LogP contribution in [-0.4, -0.2) is 26.8 Å². The van der Waals surface area contributed by atoms with Crippen molar-refractivity contribution in [2.75, 3.05) is 13.1 Å². The maximum Gasteiger partial charge on any atom is 0.0852 e. The molecule has 0 amide bonds. The van der Waals surface area contributed by atoms with Gasteiger partial charge in [0, 0.05) is 13.1 Å². The highest BCUT2D eigenvalue weighted by Gasteiger charge is 2.17. The molecule has 1 aliphatic heterocycles. The van der Waals surface area contributed by atoms with E-state index >= 15 is 0 Å². The third-order valence-electron chi connectivity index (χ3n) is 3.18. The lowest BCUT2D eigenvalue weighted by Gasteiger charge is -2.24. The first-order chi connectivity index (χ1) is 7.77. The summed E-state index contributed by atoms with van der Waals surface area (Å²) in [5.74, 6) is 0. The minimum atomic E-state index is -0.721. The Kier molecular flexibility index (Phi) is 3.83. The minimum absolute atomic E-state index is 0.721. The second-order valence-electron chi connectivity index (χ2n) is 4.83. The average Bonchev–Trinajstić information content (AvgIpc) is 2.80. The molecule has 0 aliphatic carbocycles. The molecule has 1 aromatic rings. The summed E-state index contributed by atoms with van der Waals surface area (Å²) in [5, 5.41) is 1.63.